The van der Waals surface area contributed by atoms with Crippen molar-refractivity contribution < 1.29 is 14.3 Å². The SMILES string of the molecule is COCC(=O)N1CCCN(C)CCN(C(=O)c2cnc(N(C)CCc3ccccc3)nc2CCc2ccccc2)Cc2ccccc21. The molecule has 4 aromatic rings. The Labute approximate surface area is 278 Å². The van der Waals surface area contributed by atoms with Crippen molar-refractivity contribution in [1.29, 1.82) is 0 Å². The Bertz CT molecular complexity index is 1600. The molecule has 5 rings (SSSR count). The summed E-state index contributed by atoms with van der Waals surface area (Å²) in [6.07, 6.45) is 4.75. The number of carbonyl (C=O) groups excluding carboxylic acids is 2. The first-order valence-electron chi connectivity index (χ1n) is 16.4. The van der Waals surface area contributed by atoms with Crippen LogP contribution in [0.4, 0.5) is 11.6 Å². The van der Waals surface area contributed by atoms with Gasteiger partial charge in [-0.15, -0.1) is 0 Å². The van der Waals surface area contributed by atoms with Crippen LogP contribution in [0.25, 0.3) is 0 Å². The van der Waals surface area contributed by atoms with Gasteiger partial charge in [0.25, 0.3) is 11.8 Å². The van der Waals surface area contributed by atoms with Crippen LogP contribution in [0.3, 0.4) is 0 Å². The number of carbonyl (C=O) groups is 2. The number of methoxy groups -OCH3 is 1. The van der Waals surface area contributed by atoms with Crippen molar-refractivity contribution in [2.75, 3.05) is 70.3 Å². The maximum absolute atomic E-state index is 14.5. The zero-order chi connectivity index (χ0) is 33.0. The van der Waals surface area contributed by atoms with E-state index in [0.717, 1.165) is 49.3 Å². The zero-order valence-electron chi connectivity index (χ0n) is 27.8. The monoisotopic (exact) mass is 634 g/mol. The minimum atomic E-state index is -0.108. The number of aryl methyl sites for hydroxylation is 2. The molecular weight excluding hydrogens is 588 g/mol. The summed E-state index contributed by atoms with van der Waals surface area (Å²) in [4.78, 5) is 45.4. The van der Waals surface area contributed by atoms with Crippen molar-refractivity contribution in [3.8, 4) is 0 Å². The lowest BCUT2D eigenvalue weighted by atomic mass is 10.0. The Morgan fingerprint density at radius 3 is 2.23 bits per heavy atom. The molecule has 1 aromatic heterocycles. The van der Waals surface area contributed by atoms with Crippen molar-refractivity contribution >= 4 is 23.5 Å². The number of rotatable bonds is 10. The van der Waals surface area contributed by atoms with E-state index in [4.69, 9.17) is 14.7 Å². The molecule has 3 aromatic carbocycles. The number of benzene rings is 3. The average molecular weight is 635 g/mol. The standard InChI is InChI=1S/C38H46N6O3/c1-41-22-12-23-44(36(45)29-47-3)35-18-11-10-17-32(35)28-43(26-25-41)37(46)33-27-39-38(42(2)24-21-31-15-8-5-9-16-31)40-34(33)20-19-30-13-6-4-7-14-30/h4-11,13-18,27H,12,19-26,28-29H2,1-3H3. The lowest BCUT2D eigenvalue weighted by molar-refractivity contribution is -0.122. The van der Waals surface area contributed by atoms with Crippen molar-refractivity contribution in [2.24, 2.45) is 0 Å². The molecule has 1 aliphatic rings. The van der Waals surface area contributed by atoms with Crippen molar-refractivity contribution in [2.45, 2.75) is 32.2 Å². The molecule has 246 valence electrons. The highest BCUT2D eigenvalue weighted by atomic mass is 16.5. The minimum absolute atomic E-state index is 0.00107. The molecule has 0 bridgehead atoms. The summed E-state index contributed by atoms with van der Waals surface area (Å²) in [6, 6.07) is 28.5. The molecule has 1 aliphatic heterocycles. The van der Waals surface area contributed by atoms with Crippen LogP contribution in [0.5, 0.6) is 0 Å². The van der Waals surface area contributed by atoms with E-state index in [-0.39, 0.29) is 18.4 Å². The van der Waals surface area contributed by atoms with Crippen LogP contribution >= 0.6 is 0 Å². The van der Waals surface area contributed by atoms with Crippen LogP contribution in [0, 0.1) is 0 Å². The van der Waals surface area contributed by atoms with Crippen LogP contribution in [0.1, 0.15) is 39.2 Å². The Kier molecular flexibility index (Phi) is 12.1. The van der Waals surface area contributed by atoms with Crippen molar-refractivity contribution in [3.05, 3.63) is 119 Å². The zero-order valence-corrected chi connectivity index (χ0v) is 27.8. The highest BCUT2D eigenvalue weighted by molar-refractivity contribution is 5.96. The van der Waals surface area contributed by atoms with Crippen LogP contribution in [-0.4, -0.2) is 92.1 Å². The first-order chi connectivity index (χ1) is 22.9. The summed E-state index contributed by atoms with van der Waals surface area (Å²) in [7, 11) is 5.59. The van der Waals surface area contributed by atoms with Gasteiger partial charge in [0.1, 0.15) is 6.61 Å². The van der Waals surface area contributed by atoms with E-state index in [9.17, 15) is 9.59 Å². The van der Waals surface area contributed by atoms with Crippen molar-refractivity contribution in [1.82, 2.24) is 19.8 Å². The van der Waals surface area contributed by atoms with E-state index < -0.39 is 0 Å². The molecule has 0 spiro atoms. The van der Waals surface area contributed by atoms with E-state index in [1.165, 1.54) is 18.2 Å². The summed E-state index contributed by atoms with van der Waals surface area (Å²) in [5.74, 6) is 0.405. The largest absolute Gasteiger partial charge is 0.375 e. The van der Waals surface area contributed by atoms with Gasteiger partial charge < -0.3 is 24.3 Å². The third-order valence-corrected chi connectivity index (χ3v) is 8.67. The van der Waals surface area contributed by atoms with Gasteiger partial charge in [-0.25, -0.2) is 9.97 Å². The molecule has 9 heteroatoms. The van der Waals surface area contributed by atoms with Gasteiger partial charge in [0.15, 0.2) is 0 Å². The van der Waals surface area contributed by atoms with Gasteiger partial charge in [-0.3, -0.25) is 9.59 Å². The molecular formula is C38H46N6O3. The average Bonchev–Trinajstić information content (AvgIpc) is 3.13. The number of ether oxygens (including phenoxy) is 1. The Balaban J connectivity index is 1.45. The van der Waals surface area contributed by atoms with Gasteiger partial charge in [0, 0.05) is 58.8 Å². The number of likely N-dealkylation sites (N-methyl/N-ethyl adjacent to an activating group) is 2. The fraction of sp³-hybridized carbons (Fsp3) is 0.368. The van der Waals surface area contributed by atoms with Gasteiger partial charge in [-0.2, -0.15) is 0 Å². The van der Waals surface area contributed by atoms with E-state index in [1.54, 1.807) is 11.1 Å². The van der Waals surface area contributed by atoms with Gasteiger partial charge in [0.2, 0.25) is 5.95 Å². The minimum Gasteiger partial charge on any atom is -0.375 e. The molecule has 0 aliphatic carbocycles. The quantitative estimate of drug-likeness (QED) is 0.246. The fourth-order valence-corrected chi connectivity index (χ4v) is 5.93. The number of nitrogens with zero attached hydrogens (tertiary/aromatic N) is 6. The number of aromatic nitrogens is 2. The first-order valence-corrected chi connectivity index (χ1v) is 16.4. The second-order valence-corrected chi connectivity index (χ2v) is 12.2. The lowest BCUT2D eigenvalue weighted by Crippen LogP contribution is -2.38. The maximum atomic E-state index is 14.5. The Morgan fingerprint density at radius 2 is 1.51 bits per heavy atom. The molecule has 2 amide bonds. The van der Waals surface area contributed by atoms with Gasteiger partial charge in [-0.1, -0.05) is 78.9 Å². The summed E-state index contributed by atoms with van der Waals surface area (Å²) in [5.41, 5.74) is 5.43. The second kappa shape index (κ2) is 16.8. The first kappa shape index (κ1) is 33.8. The molecule has 0 N–H and O–H groups in total. The molecule has 0 fully saturated rings. The Hall–Kier alpha value is -4.60. The van der Waals surface area contributed by atoms with Crippen LogP contribution in [0.2, 0.25) is 0 Å². The predicted molar refractivity (Wildman–Crippen MR) is 187 cm³/mol. The molecule has 9 nitrogen and oxygen atoms in total. The maximum Gasteiger partial charge on any atom is 0.257 e. The Morgan fingerprint density at radius 1 is 0.830 bits per heavy atom. The molecule has 0 unspecified atom stereocenters. The third kappa shape index (κ3) is 9.24. The van der Waals surface area contributed by atoms with Crippen LogP contribution in [-0.2, 0) is 35.3 Å². The summed E-state index contributed by atoms with van der Waals surface area (Å²) < 4.78 is 5.21. The highest BCUT2D eigenvalue weighted by Gasteiger charge is 2.26. The molecule has 0 saturated carbocycles. The summed E-state index contributed by atoms with van der Waals surface area (Å²) in [5, 5.41) is 0. The van der Waals surface area contributed by atoms with Gasteiger partial charge in [0.05, 0.1) is 11.3 Å². The van der Waals surface area contributed by atoms with E-state index >= 15 is 0 Å². The van der Waals surface area contributed by atoms with Crippen LogP contribution in [0.15, 0.2) is 91.1 Å². The number of fused-ring (bicyclic) bond motifs is 1. The molecule has 2 heterocycles. The van der Waals surface area contributed by atoms with Crippen molar-refractivity contribution in [3.63, 3.8) is 0 Å². The number of hydrogen-bond donors (Lipinski definition) is 0. The van der Waals surface area contributed by atoms with Gasteiger partial charge in [-0.05, 0) is 62.0 Å². The van der Waals surface area contributed by atoms with Gasteiger partial charge >= 0.3 is 0 Å². The van der Waals surface area contributed by atoms with E-state index in [0.29, 0.717) is 44.1 Å². The third-order valence-electron chi connectivity index (χ3n) is 8.67. The highest BCUT2D eigenvalue weighted by Crippen LogP contribution is 2.25. The molecule has 0 atom stereocenters. The number of para-hydroxylation sites is 1. The van der Waals surface area contributed by atoms with Crippen LogP contribution < -0.4 is 9.80 Å². The molecule has 0 saturated heterocycles. The fourth-order valence-electron chi connectivity index (χ4n) is 5.93. The second-order valence-electron chi connectivity index (χ2n) is 12.2. The number of anilines is 2. The normalized spacial score (nSPS) is 14.3. The number of hydrogen-bond acceptors (Lipinski definition) is 7. The smallest absolute Gasteiger partial charge is 0.257 e. The number of amides is 2. The lowest BCUT2D eigenvalue weighted by Gasteiger charge is -2.28. The molecule has 47 heavy (non-hydrogen) atoms. The topological polar surface area (TPSA) is 82.1 Å². The predicted octanol–water partition coefficient (Wildman–Crippen LogP) is 4.90. The summed E-state index contributed by atoms with van der Waals surface area (Å²) >= 11 is 0. The van der Waals surface area contributed by atoms with E-state index in [2.05, 4.69) is 53.2 Å². The summed E-state index contributed by atoms with van der Waals surface area (Å²) in [6.45, 7) is 3.73. The molecule has 0 radical (unpaired) electrons. The van der Waals surface area contributed by atoms with E-state index in [1.807, 2.05) is 60.5 Å².